The summed E-state index contributed by atoms with van der Waals surface area (Å²) in [6.07, 6.45) is 6.67. The van der Waals surface area contributed by atoms with E-state index in [9.17, 15) is 24.6 Å². The van der Waals surface area contributed by atoms with Gasteiger partial charge in [0.25, 0.3) is 0 Å². The molecule has 31 heavy (non-hydrogen) atoms. The van der Waals surface area contributed by atoms with Crippen LogP contribution in [0.5, 0.6) is 11.5 Å². The first-order chi connectivity index (χ1) is 14.4. The summed E-state index contributed by atoms with van der Waals surface area (Å²) in [4.78, 5) is 35.9. The predicted octanol–water partition coefficient (Wildman–Crippen LogP) is 5.37. The number of benzene rings is 1. The fourth-order valence-electron chi connectivity index (χ4n) is 4.40. The first-order valence-electron chi connectivity index (χ1n) is 10.4. The Hall–Kier alpha value is -2.40. The summed E-state index contributed by atoms with van der Waals surface area (Å²) < 4.78 is 0. The SMILES string of the molecule is CC(=O)[C@H]1CC(=O)[C@H](C)[C@@](C)(/C=C/C(C)=C/Cc2c(O)c(Cl)c(C)c(C=O)c2O)[C@@H]1C. The van der Waals surface area contributed by atoms with Gasteiger partial charge in [-0.15, -0.1) is 0 Å². The average molecular weight is 447 g/mol. The van der Waals surface area contributed by atoms with Crippen LogP contribution >= 0.6 is 11.6 Å². The molecule has 0 aliphatic heterocycles. The van der Waals surface area contributed by atoms with E-state index in [1.54, 1.807) is 19.9 Å². The van der Waals surface area contributed by atoms with Crippen molar-refractivity contribution < 1.29 is 24.6 Å². The summed E-state index contributed by atoms with van der Waals surface area (Å²) in [6, 6.07) is 0. The summed E-state index contributed by atoms with van der Waals surface area (Å²) in [5, 5.41) is 20.7. The Morgan fingerprint density at radius 3 is 2.39 bits per heavy atom. The number of rotatable bonds is 6. The van der Waals surface area contributed by atoms with Crippen molar-refractivity contribution in [3.05, 3.63) is 45.5 Å². The number of carbonyl (C=O) groups is 3. The number of halogens is 1. The smallest absolute Gasteiger partial charge is 0.154 e. The van der Waals surface area contributed by atoms with Crippen LogP contribution in [0, 0.1) is 30.1 Å². The first-order valence-corrected chi connectivity index (χ1v) is 10.8. The number of aldehydes is 1. The van der Waals surface area contributed by atoms with Crippen molar-refractivity contribution in [3.8, 4) is 11.5 Å². The van der Waals surface area contributed by atoms with Crippen LogP contribution in [0.15, 0.2) is 23.8 Å². The maximum absolute atomic E-state index is 12.5. The van der Waals surface area contributed by atoms with Crippen molar-refractivity contribution in [1.82, 2.24) is 0 Å². The number of hydrogen-bond donors (Lipinski definition) is 2. The highest BCUT2D eigenvalue weighted by Gasteiger charge is 2.48. The normalized spacial score (nSPS) is 27.0. The molecule has 0 bridgehead atoms. The Labute approximate surface area is 188 Å². The molecule has 0 amide bonds. The second-order valence-electron chi connectivity index (χ2n) is 8.90. The van der Waals surface area contributed by atoms with E-state index in [1.807, 2.05) is 39.8 Å². The summed E-state index contributed by atoms with van der Waals surface area (Å²) in [5.41, 5.74) is 0.951. The van der Waals surface area contributed by atoms with E-state index in [0.717, 1.165) is 5.57 Å². The van der Waals surface area contributed by atoms with Crippen LogP contribution in [-0.2, 0) is 16.0 Å². The van der Waals surface area contributed by atoms with Gasteiger partial charge in [-0.3, -0.25) is 14.4 Å². The van der Waals surface area contributed by atoms with E-state index >= 15 is 0 Å². The molecule has 0 saturated heterocycles. The Bertz CT molecular complexity index is 975. The molecule has 2 N–H and O–H groups in total. The van der Waals surface area contributed by atoms with E-state index in [4.69, 9.17) is 11.6 Å². The van der Waals surface area contributed by atoms with Crippen LogP contribution in [0.25, 0.3) is 0 Å². The van der Waals surface area contributed by atoms with Crippen LogP contribution in [0.3, 0.4) is 0 Å². The molecule has 0 radical (unpaired) electrons. The molecule has 1 aromatic rings. The van der Waals surface area contributed by atoms with Gasteiger partial charge < -0.3 is 10.2 Å². The van der Waals surface area contributed by atoms with Gasteiger partial charge in [-0.05, 0) is 44.1 Å². The molecule has 0 aromatic heterocycles. The monoisotopic (exact) mass is 446 g/mol. The molecule has 1 aromatic carbocycles. The second-order valence-corrected chi connectivity index (χ2v) is 9.27. The molecule has 0 spiro atoms. The molecule has 6 heteroatoms. The number of allylic oxidation sites excluding steroid dienone is 4. The lowest BCUT2D eigenvalue weighted by molar-refractivity contribution is -0.139. The fourth-order valence-corrected chi connectivity index (χ4v) is 4.61. The fraction of sp³-hybridized carbons (Fsp3) is 0.480. The van der Waals surface area contributed by atoms with Gasteiger partial charge in [-0.2, -0.15) is 0 Å². The number of Topliss-reactive ketones (excluding diaryl/α,β-unsaturated/α-hetero) is 2. The number of aromatic hydroxyl groups is 2. The van der Waals surface area contributed by atoms with Crippen LogP contribution in [0.4, 0.5) is 0 Å². The zero-order valence-electron chi connectivity index (χ0n) is 19.0. The molecule has 2 rings (SSSR count). The largest absolute Gasteiger partial charge is 0.507 e. The summed E-state index contributed by atoms with van der Waals surface area (Å²) in [5.74, 6) is -0.869. The highest BCUT2D eigenvalue weighted by atomic mass is 35.5. The lowest BCUT2D eigenvalue weighted by Gasteiger charge is -2.45. The Kier molecular flexibility index (Phi) is 7.53. The highest BCUT2D eigenvalue weighted by Crippen LogP contribution is 2.48. The third kappa shape index (κ3) is 4.62. The topological polar surface area (TPSA) is 91.7 Å². The van der Waals surface area contributed by atoms with Gasteiger partial charge in [0.15, 0.2) is 6.29 Å². The second kappa shape index (κ2) is 9.39. The number of phenolic OH excluding ortho intramolecular Hbond substituents is 2. The van der Waals surface area contributed by atoms with E-state index in [-0.39, 0.29) is 63.4 Å². The molecular formula is C25H31ClO5. The Morgan fingerprint density at radius 2 is 1.84 bits per heavy atom. The summed E-state index contributed by atoms with van der Waals surface area (Å²) in [7, 11) is 0. The predicted molar refractivity (Wildman–Crippen MR) is 122 cm³/mol. The maximum atomic E-state index is 12.5. The third-order valence-electron chi connectivity index (χ3n) is 7.16. The first kappa shape index (κ1) is 24.9. The quantitative estimate of drug-likeness (QED) is 0.452. The molecule has 1 saturated carbocycles. The third-order valence-corrected chi connectivity index (χ3v) is 7.63. The molecule has 0 unspecified atom stereocenters. The van der Waals surface area contributed by atoms with Crippen LogP contribution in [0.2, 0.25) is 5.02 Å². The van der Waals surface area contributed by atoms with Crippen molar-refractivity contribution in [2.24, 2.45) is 23.2 Å². The molecule has 5 nitrogen and oxygen atoms in total. The Morgan fingerprint density at radius 1 is 1.23 bits per heavy atom. The van der Waals surface area contributed by atoms with Crippen molar-refractivity contribution in [1.29, 1.82) is 0 Å². The molecule has 1 fully saturated rings. The van der Waals surface area contributed by atoms with Crippen LogP contribution in [-0.4, -0.2) is 28.1 Å². The van der Waals surface area contributed by atoms with Crippen LogP contribution in [0.1, 0.15) is 62.5 Å². The zero-order chi connectivity index (χ0) is 23.7. The summed E-state index contributed by atoms with van der Waals surface area (Å²) in [6.45, 7) is 10.9. The number of carbonyl (C=O) groups excluding carboxylic acids is 3. The highest BCUT2D eigenvalue weighted by molar-refractivity contribution is 6.33. The van der Waals surface area contributed by atoms with Crippen molar-refractivity contribution in [2.45, 2.75) is 54.4 Å². The molecule has 4 atom stereocenters. The number of ketones is 2. The average Bonchev–Trinajstić information content (AvgIpc) is 2.72. The van der Waals surface area contributed by atoms with Crippen molar-refractivity contribution in [2.75, 3.05) is 0 Å². The maximum Gasteiger partial charge on any atom is 0.154 e. The number of phenols is 2. The summed E-state index contributed by atoms with van der Waals surface area (Å²) >= 11 is 6.11. The van der Waals surface area contributed by atoms with Gasteiger partial charge in [0.05, 0.1) is 10.6 Å². The number of hydrogen-bond acceptors (Lipinski definition) is 5. The minimum absolute atomic E-state index is 0.0147. The molecule has 1 aliphatic rings. The van der Waals surface area contributed by atoms with Crippen molar-refractivity contribution in [3.63, 3.8) is 0 Å². The molecule has 168 valence electrons. The van der Waals surface area contributed by atoms with Gasteiger partial charge in [0, 0.05) is 23.8 Å². The van der Waals surface area contributed by atoms with Gasteiger partial charge in [0.2, 0.25) is 0 Å². The zero-order valence-corrected chi connectivity index (χ0v) is 19.7. The standard InChI is InChI=1S/C25H31ClO5/c1-13(7-8-18-23(30)20(12-27)14(2)22(26)24(18)31)9-10-25(6)15(3)19(17(5)28)11-21(29)16(25)4/h7,9-10,12,15-16,19,30-31H,8,11H2,1-6H3/b10-9+,13-7+/t15-,16+,19+,25+/m1/s1. The van der Waals surface area contributed by atoms with Gasteiger partial charge in [-0.25, -0.2) is 0 Å². The Balaban J connectivity index is 2.34. The lowest BCUT2D eigenvalue weighted by atomic mass is 9.57. The van der Waals surface area contributed by atoms with E-state index < -0.39 is 5.41 Å². The minimum atomic E-state index is -0.469. The molecule has 0 heterocycles. The van der Waals surface area contributed by atoms with E-state index in [2.05, 4.69) is 0 Å². The van der Waals surface area contributed by atoms with Gasteiger partial charge in [-0.1, -0.05) is 56.2 Å². The van der Waals surface area contributed by atoms with E-state index in [0.29, 0.717) is 18.3 Å². The lowest BCUT2D eigenvalue weighted by Crippen LogP contribution is -2.46. The van der Waals surface area contributed by atoms with Crippen molar-refractivity contribution >= 4 is 29.5 Å². The van der Waals surface area contributed by atoms with Gasteiger partial charge in [0.1, 0.15) is 23.1 Å². The van der Waals surface area contributed by atoms with Gasteiger partial charge >= 0.3 is 0 Å². The van der Waals surface area contributed by atoms with Crippen LogP contribution < -0.4 is 0 Å². The molecular weight excluding hydrogens is 416 g/mol. The molecule has 1 aliphatic carbocycles. The van der Waals surface area contributed by atoms with E-state index in [1.165, 1.54) is 0 Å². The minimum Gasteiger partial charge on any atom is -0.507 e.